The van der Waals surface area contributed by atoms with Gasteiger partial charge in [-0.2, -0.15) is 25.3 Å². The number of aryl methyl sites for hydroxylation is 3. The Labute approximate surface area is 440 Å². The fourth-order valence-electron chi connectivity index (χ4n) is 8.81. The van der Waals surface area contributed by atoms with E-state index in [1.165, 1.54) is 172 Å². The van der Waals surface area contributed by atoms with Gasteiger partial charge in [0.1, 0.15) is 0 Å². The topological polar surface area (TPSA) is 184 Å². The molecule has 14 heteroatoms. The van der Waals surface area contributed by atoms with Gasteiger partial charge in [0.15, 0.2) is 0 Å². The molecule has 0 spiro atoms. The maximum Gasteiger partial charge on any atom is 0.294 e. The van der Waals surface area contributed by atoms with Gasteiger partial charge in [0.25, 0.3) is 30.4 Å². The zero-order chi connectivity index (χ0) is 53.0. The van der Waals surface area contributed by atoms with Crippen molar-refractivity contribution in [3.63, 3.8) is 0 Å². The van der Waals surface area contributed by atoms with Crippen LogP contribution in [0.15, 0.2) is 87.5 Å². The highest BCUT2D eigenvalue weighted by atomic mass is 32.2. The van der Waals surface area contributed by atoms with E-state index in [1.54, 1.807) is 36.4 Å². The third-order valence-corrected chi connectivity index (χ3v) is 15.9. The van der Waals surface area contributed by atoms with Crippen molar-refractivity contribution in [3.8, 4) is 0 Å². The van der Waals surface area contributed by atoms with Gasteiger partial charge in [-0.25, -0.2) is 0 Å². The molecule has 0 atom stereocenters. The summed E-state index contributed by atoms with van der Waals surface area (Å²) in [5, 5.41) is 3.16. The molecule has 4 N–H and O–H groups in total. The van der Waals surface area contributed by atoms with Crippen molar-refractivity contribution >= 4 is 30.4 Å². The Morgan fingerprint density at radius 3 is 0.736 bits per heavy atom. The Morgan fingerprint density at radius 1 is 0.347 bits per heavy atom. The van der Waals surface area contributed by atoms with E-state index in [1.807, 2.05) is 18.2 Å². The number of ether oxygens (including phenoxy) is 1. The highest BCUT2D eigenvalue weighted by Crippen LogP contribution is 2.22. The van der Waals surface area contributed by atoms with Gasteiger partial charge in [-0.15, -0.1) is 0 Å². The molecule has 72 heavy (non-hydrogen) atoms. The van der Waals surface area contributed by atoms with Crippen LogP contribution < -0.4 is 5.32 Å². The highest BCUT2D eigenvalue weighted by Gasteiger charge is 2.16. The predicted octanol–water partition coefficient (Wildman–Crippen LogP) is 15.8. The summed E-state index contributed by atoms with van der Waals surface area (Å²) in [5.74, 6) is 0. The van der Waals surface area contributed by atoms with E-state index in [-0.39, 0.29) is 14.7 Å². The third kappa shape index (κ3) is 36.3. The monoisotopic (exact) mass is 1070 g/mol. The van der Waals surface area contributed by atoms with Gasteiger partial charge >= 0.3 is 0 Å². The van der Waals surface area contributed by atoms with Crippen LogP contribution in [-0.4, -0.2) is 65.2 Å². The molecule has 0 radical (unpaired) electrons. The maximum absolute atomic E-state index is 11.3. The summed E-state index contributed by atoms with van der Waals surface area (Å²) in [5.41, 5.74) is 2.18. The lowest BCUT2D eigenvalue weighted by Crippen LogP contribution is -2.30. The van der Waals surface area contributed by atoms with Crippen molar-refractivity contribution in [1.82, 2.24) is 5.32 Å². The summed E-state index contributed by atoms with van der Waals surface area (Å²) >= 11 is 0. The number of morpholine rings is 1. The van der Waals surface area contributed by atoms with Crippen molar-refractivity contribution in [1.29, 1.82) is 0 Å². The second kappa shape index (κ2) is 43.5. The molecule has 0 saturated carbocycles. The Hall–Kier alpha value is -2.69. The standard InChI is InChI=1S/3C18H30O3S.C4H9NO/c3*1-2-3-4-5-6-7-8-9-10-11-14-17-15-12-13-16-18(17)22(19,20)21;1-3-6-4-2-5-1/h3*12-13,15-16H,2-11,14H2,1H3,(H,19,20,21);5H,1-4H2. The largest absolute Gasteiger partial charge is 0.379 e. The molecular weight excluding hydrogens is 967 g/mol. The zero-order valence-corrected chi connectivity index (χ0v) is 47.5. The highest BCUT2D eigenvalue weighted by molar-refractivity contribution is 7.86. The second-order valence-corrected chi connectivity index (χ2v) is 23.6. The predicted molar refractivity (Wildman–Crippen MR) is 299 cm³/mol. The van der Waals surface area contributed by atoms with Crippen LogP contribution in [0.2, 0.25) is 0 Å². The molecule has 3 aromatic carbocycles. The molecular formula is C58H99NO10S3. The van der Waals surface area contributed by atoms with E-state index in [0.717, 1.165) is 81.5 Å². The van der Waals surface area contributed by atoms with Crippen LogP contribution in [0.4, 0.5) is 0 Å². The molecule has 3 aromatic rings. The molecule has 11 nitrogen and oxygen atoms in total. The smallest absolute Gasteiger partial charge is 0.294 e. The Kier molecular flexibility index (Phi) is 40.7. The molecule has 0 aliphatic carbocycles. The van der Waals surface area contributed by atoms with Gasteiger partial charge in [-0.1, -0.05) is 249 Å². The van der Waals surface area contributed by atoms with Crippen LogP contribution in [0, 0.1) is 0 Å². The van der Waals surface area contributed by atoms with E-state index in [4.69, 9.17) is 4.74 Å². The Balaban J connectivity index is 0.000000508. The molecule has 1 heterocycles. The molecule has 0 unspecified atom stereocenters. The van der Waals surface area contributed by atoms with Crippen molar-refractivity contribution in [2.45, 2.75) is 247 Å². The molecule has 1 saturated heterocycles. The van der Waals surface area contributed by atoms with E-state index in [9.17, 15) is 38.9 Å². The van der Waals surface area contributed by atoms with Gasteiger partial charge < -0.3 is 10.1 Å². The Bertz CT molecular complexity index is 1850. The zero-order valence-electron chi connectivity index (χ0n) is 45.0. The van der Waals surface area contributed by atoms with Crippen molar-refractivity contribution in [2.24, 2.45) is 0 Å². The van der Waals surface area contributed by atoms with Crippen LogP contribution in [0.25, 0.3) is 0 Å². The molecule has 1 aliphatic heterocycles. The SMILES string of the molecule is C1COCCN1.CCCCCCCCCCCCc1ccccc1S(=O)(=O)O.CCCCCCCCCCCCc1ccccc1S(=O)(=O)O.CCCCCCCCCCCCc1ccccc1S(=O)(=O)O. The number of nitrogens with one attached hydrogen (secondary N) is 1. The lowest BCUT2D eigenvalue weighted by Gasteiger charge is -2.10. The summed E-state index contributed by atoms with van der Waals surface area (Å²) in [6.45, 7) is 10.5. The number of rotatable bonds is 36. The van der Waals surface area contributed by atoms with Gasteiger partial charge in [-0.05, 0) is 73.4 Å². The molecule has 414 valence electrons. The first-order valence-electron chi connectivity index (χ1n) is 28.1. The molecule has 1 fully saturated rings. The van der Waals surface area contributed by atoms with E-state index >= 15 is 0 Å². The number of benzene rings is 3. The number of hydrogen-bond donors (Lipinski definition) is 4. The number of hydrogen-bond acceptors (Lipinski definition) is 8. The molecule has 4 rings (SSSR count). The van der Waals surface area contributed by atoms with Gasteiger partial charge in [0.2, 0.25) is 0 Å². The fourth-order valence-corrected chi connectivity index (χ4v) is 11.1. The van der Waals surface area contributed by atoms with Crippen molar-refractivity contribution in [2.75, 3.05) is 26.3 Å². The first-order chi connectivity index (χ1) is 34.7. The van der Waals surface area contributed by atoms with Gasteiger partial charge in [0.05, 0.1) is 27.9 Å². The average Bonchev–Trinajstić information content (AvgIpc) is 3.36. The van der Waals surface area contributed by atoms with E-state index in [0.29, 0.717) is 19.3 Å². The first kappa shape index (κ1) is 67.3. The minimum absolute atomic E-state index is 0.0610. The summed E-state index contributed by atoms with van der Waals surface area (Å²) in [6.07, 6.45) is 39.9. The van der Waals surface area contributed by atoms with Gasteiger partial charge in [0, 0.05) is 13.1 Å². The first-order valence-corrected chi connectivity index (χ1v) is 32.4. The second-order valence-electron chi connectivity index (χ2n) is 19.4. The van der Waals surface area contributed by atoms with Crippen LogP contribution in [-0.2, 0) is 54.4 Å². The summed E-state index contributed by atoms with van der Waals surface area (Å²) < 4.78 is 100. The Morgan fingerprint density at radius 2 is 0.556 bits per heavy atom. The quantitative estimate of drug-likeness (QED) is 0.0321. The summed E-state index contributed by atoms with van der Waals surface area (Å²) in [6, 6.07) is 20.2. The lowest BCUT2D eigenvalue weighted by molar-refractivity contribution is 0.109. The fraction of sp³-hybridized carbons (Fsp3) is 0.690. The molecule has 1 aliphatic rings. The van der Waals surface area contributed by atoms with E-state index < -0.39 is 30.4 Å². The molecule has 0 bridgehead atoms. The van der Waals surface area contributed by atoms with Crippen LogP contribution >= 0.6 is 0 Å². The van der Waals surface area contributed by atoms with Crippen LogP contribution in [0.3, 0.4) is 0 Å². The minimum atomic E-state index is -4.10. The van der Waals surface area contributed by atoms with Gasteiger partial charge in [-0.3, -0.25) is 13.7 Å². The van der Waals surface area contributed by atoms with Crippen LogP contribution in [0.1, 0.15) is 230 Å². The summed E-state index contributed by atoms with van der Waals surface area (Å²) in [4.78, 5) is 0.183. The van der Waals surface area contributed by atoms with E-state index in [2.05, 4.69) is 26.1 Å². The maximum atomic E-state index is 11.3. The minimum Gasteiger partial charge on any atom is -0.379 e. The summed E-state index contributed by atoms with van der Waals surface area (Å²) in [7, 11) is -12.3. The molecule has 0 amide bonds. The molecule has 0 aromatic heterocycles. The number of unbranched alkanes of at least 4 members (excludes halogenated alkanes) is 27. The third-order valence-electron chi connectivity index (χ3n) is 13.0. The van der Waals surface area contributed by atoms with Crippen molar-refractivity contribution in [3.05, 3.63) is 89.5 Å². The average molecular weight is 1070 g/mol. The van der Waals surface area contributed by atoms with Crippen molar-refractivity contribution < 1.29 is 43.6 Å². The van der Waals surface area contributed by atoms with Crippen LogP contribution in [0.5, 0.6) is 0 Å². The normalized spacial score (nSPS) is 12.8. The lowest BCUT2D eigenvalue weighted by atomic mass is 10.0.